The van der Waals surface area contributed by atoms with Gasteiger partial charge in [0.2, 0.25) is 0 Å². The molecule has 1 heteroatoms. The first-order valence-corrected chi connectivity index (χ1v) is 6.12. The van der Waals surface area contributed by atoms with Gasteiger partial charge in [0.1, 0.15) is 0 Å². The predicted molar refractivity (Wildman–Crippen MR) is 75.3 cm³/mol. The third-order valence-electron chi connectivity index (χ3n) is 3.24. The minimum atomic E-state index is -0.425. The molecule has 0 saturated carbocycles. The molecule has 0 N–H and O–H groups in total. The molecule has 0 saturated heterocycles. The van der Waals surface area contributed by atoms with E-state index in [4.69, 9.17) is 5.26 Å². The highest BCUT2D eigenvalue weighted by atomic mass is 14.3. The van der Waals surface area contributed by atoms with Gasteiger partial charge in [-0.2, -0.15) is 5.26 Å². The molecule has 0 fully saturated rings. The van der Waals surface area contributed by atoms with E-state index in [9.17, 15) is 0 Å². The fraction of sp³-hybridized carbons (Fsp3) is 0.235. The molecular formula is C17H17N. The summed E-state index contributed by atoms with van der Waals surface area (Å²) in [6.07, 6.45) is 0. The lowest BCUT2D eigenvalue weighted by atomic mass is 9.85. The van der Waals surface area contributed by atoms with E-state index < -0.39 is 5.41 Å². The summed E-state index contributed by atoms with van der Waals surface area (Å²) in [4.78, 5) is 0. The maximum absolute atomic E-state index is 9.12. The molecule has 0 aliphatic carbocycles. The Morgan fingerprint density at radius 1 is 0.944 bits per heavy atom. The lowest BCUT2D eigenvalue weighted by molar-refractivity contribution is 0.687. The van der Waals surface area contributed by atoms with Crippen LogP contribution in [0.2, 0.25) is 0 Å². The lowest BCUT2D eigenvalue weighted by Gasteiger charge is -2.16. The summed E-state index contributed by atoms with van der Waals surface area (Å²) in [5.74, 6) is 0. The third kappa shape index (κ3) is 2.43. The van der Waals surface area contributed by atoms with E-state index in [1.807, 2.05) is 26.0 Å². The maximum Gasteiger partial charge on any atom is 0.0766 e. The summed E-state index contributed by atoms with van der Waals surface area (Å²) in [5.41, 5.74) is 4.30. The van der Waals surface area contributed by atoms with E-state index in [0.29, 0.717) is 0 Å². The van der Waals surface area contributed by atoms with Gasteiger partial charge in [-0.3, -0.25) is 0 Å². The fourth-order valence-corrected chi connectivity index (χ4v) is 1.97. The number of hydrogen-bond acceptors (Lipinski definition) is 1. The Bertz CT molecular complexity index is 586. The average molecular weight is 235 g/mol. The van der Waals surface area contributed by atoms with Crippen LogP contribution in [0.5, 0.6) is 0 Å². The third-order valence-corrected chi connectivity index (χ3v) is 3.24. The Hall–Kier alpha value is -2.07. The van der Waals surface area contributed by atoms with Crippen LogP contribution < -0.4 is 0 Å². The van der Waals surface area contributed by atoms with Crippen molar-refractivity contribution in [3.05, 3.63) is 59.7 Å². The van der Waals surface area contributed by atoms with E-state index in [0.717, 1.165) is 5.56 Å². The zero-order valence-corrected chi connectivity index (χ0v) is 11.1. The molecule has 0 spiro atoms. The lowest BCUT2D eigenvalue weighted by Crippen LogP contribution is -2.13. The molecule has 0 aromatic heterocycles. The Morgan fingerprint density at radius 2 is 1.61 bits per heavy atom. The fourth-order valence-electron chi connectivity index (χ4n) is 1.97. The largest absolute Gasteiger partial charge is 0.197 e. The van der Waals surface area contributed by atoms with Crippen molar-refractivity contribution in [3.8, 4) is 17.2 Å². The molecule has 2 rings (SSSR count). The summed E-state index contributed by atoms with van der Waals surface area (Å²) >= 11 is 0. The molecular weight excluding hydrogens is 218 g/mol. The van der Waals surface area contributed by atoms with Gasteiger partial charge in [-0.25, -0.2) is 0 Å². The topological polar surface area (TPSA) is 23.8 Å². The number of aryl methyl sites for hydroxylation is 1. The van der Waals surface area contributed by atoms with Crippen LogP contribution >= 0.6 is 0 Å². The van der Waals surface area contributed by atoms with E-state index >= 15 is 0 Å². The van der Waals surface area contributed by atoms with Gasteiger partial charge in [-0.15, -0.1) is 0 Å². The zero-order chi connectivity index (χ0) is 13.2. The molecule has 0 bridgehead atoms. The van der Waals surface area contributed by atoms with Crippen molar-refractivity contribution >= 4 is 0 Å². The van der Waals surface area contributed by atoms with Crippen LogP contribution in [0.15, 0.2) is 48.5 Å². The number of hydrogen-bond donors (Lipinski definition) is 0. The van der Waals surface area contributed by atoms with Crippen molar-refractivity contribution in [2.75, 3.05) is 0 Å². The summed E-state index contributed by atoms with van der Waals surface area (Å²) in [6, 6.07) is 19.0. The van der Waals surface area contributed by atoms with Gasteiger partial charge in [0.25, 0.3) is 0 Å². The maximum atomic E-state index is 9.12. The molecule has 0 radical (unpaired) electrons. The van der Waals surface area contributed by atoms with Crippen molar-refractivity contribution < 1.29 is 0 Å². The van der Waals surface area contributed by atoms with Gasteiger partial charge in [0.15, 0.2) is 0 Å². The smallest absolute Gasteiger partial charge is 0.0766 e. The number of benzene rings is 2. The first-order chi connectivity index (χ1) is 8.53. The Morgan fingerprint density at radius 3 is 2.17 bits per heavy atom. The van der Waals surface area contributed by atoms with Crippen LogP contribution in [0.4, 0.5) is 0 Å². The molecule has 1 nitrogen and oxygen atoms in total. The highest BCUT2D eigenvalue weighted by Gasteiger charge is 2.19. The molecule has 0 unspecified atom stereocenters. The first kappa shape index (κ1) is 12.4. The van der Waals surface area contributed by atoms with Gasteiger partial charge in [-0.1, -0.05) is 54.1 Å². The van der Waals surface area contributed by atoms with Crippen molar-refractivity contribution in [3.63, 3.8) is 0 Å². The summed E-state index contributed by atoms with van der Waals surface area (Å²) in [6.45, 7) is 5.97. The minimum Gasteiger partial charge on any atom is -0.197 e. The van der Waals surface area contributed by atoms with Crippen molar-refractivity contribution in [1.82, 2.24) is 0 Å². The van der Waals surface area contributed by atoms with Crippen molar-refractivity contribution in [2.24, 2.45) is 0 Å². The van der Waals surface area contributed by atoms with Crippen LogP contribution in [0.1, 0.15) is 25.0 Å². The van der Waals surface area contributed by atoms with Crippen molar-refractivity contribution in [2.45, 2.75) is 26.2 Å². The zero-order valence-electron chi connectivity index (χ0n) is 11.1. The van der Waals surface area contributed by atoms with E-state index in [1.165, 1.54) is 16.7 Å². The highest BCUT2D eigenvalue weighted by Crippen LogP contribution is 2.26. The molecule has 18 heavy (non-hydrogen) atoms. The van der Waals surface area contributed by atoms with Crippen molar-refractivity contribution in [1.29, 1.82) is 5.26 Å². The molecule has 0 atom stereocenters. The average Bonchev–Trinajstić information content (AvgIpc) is 2.39. The molecule has 90 valence electrons. The summed E-state index contributed by atoms with van der Waals surface area (Å²) < 4.78 is 0. The van der Waals surface area contributed by atoms with Crippen LogP contribution in [-0.2, 0) is 5.41 Å². The number of nitrogens with zero attached hydrogens (tertiary/aromatic N) is 1. The highest BCUT2D eigenvalue weighted by molar-refractivity contribution is 5.64. The quantitative estimate of drug-likeness (QED) is 0.753. The van der Waals surface area contributed by atoms with Crippen LogP contribution in [-0.4, -0.2) is 0 Å². The minimum absolute atomic E-state index is 0.425. The van der Waals surface area contributed by atoms with Gasteiger partial charge in [-0.05, 0) is 37.5 Å². The Labute approximate surface area is 109 Å². The second-order valence-electron chi connectivity index (χ2n) is 5.18. The Balaban J connectivity index is 2.37. The molecule has 0 aliphatic heterocycles. The van der Waals surface area contributed by atoms with Gasteiger partial charge < -0.3 is 0 Å². The van der Waals surface area contributed by atoms with Crippen LogP contribution in [0.25, 0.3) is 11.1 Å². The Kier molecular flexibility index (Phi) is 3.21. The summed E-state index contributed by atoms with van der Waals surface area (Å²) in [5, 5.41) is 9.12. The van der Waals surface area contributed by atoms with Gasteiger partial charge in [0, 0.05) is 0 Å². The second-order valence-corrected chi connectivity index (χ2v) is 5.18. The molecule has 0 aliphatic rings. The SMILES string of the molecule is Cc1cccc(-c2ccc(C(C)(C)C#N)cc2)c1. The van der Waals surface area contributed by atoms with Gasteiger partial charge in [0.05, 0.1) is 11.5 Å². The molecule has 2 aromatic carbocycles. The van der Waals surface area contributed by atoms with Gasteiger partial charge >= 0.3 is 0 Å². The van der Waals surface area contributed by atoms with E-state index in [1.54, 1.807) is 0 Å². The van der Waals surface area contributed by atoms with Crippen LogP contribution in [0.3, 0.4) is 0 Å². The van der Waals surface area contributed by atoms with E-state index in [2.05, 4.69) is 49.4 Å². The summed E-state index contributed by atoms with van der Waals surface area (Å²) in [7, 11) is 0. The monoisotopic (exact) mass is 235 g/mol. The normalized spacial score (nSPS) is 11.0. The van der Waals surface area contributed by atoms with Crippen LogP contribution in [0, 0.1) is 18.3 Å². The molecule has 0 heterocycles. The number of nitriles is 1. The molecule has 2 aromatic rings. The number of rotatable bonds is 2. The van der Waals surface area contributed by atoms with E-state index in [-0.39, 0.29) is 0 Å². The first-order valence-electron chi connectivity index (χ1n) is 6.12. The standard InChI is InChI=1S/C17H17N/c1-13-5-4-6-15(11-13)14-7-9-16(10-8-14)17(2,3)12-18/h4-11H,1-3H3. The predicted octanol–water partition coefficient (Wildman–Crippen LogP) is 4.46. The second kappa shape index (κ2) is 4.66. The molecule has 0 amide bonds.